The first kappa shape index (κ1) is 12.6. The zero-order valence-corrected chi connectivity index (χ0v) is 11.0. The molecule has 0 amide bonds. The van der Waals surface area contributed by atoms with Crippen LogP contribution in [0.25, 0.3) is 0 Å². The van der Waals surface area contributed by atoms with E-state index in [2.05, 4.69) is 34.3 Å². The molecule has 1 saturated carbocycles. The fourth-order valence-electron chi connectivity index (χ4n) is 2.79. The summed E-state index contributed by atoms with van der Waals surface area (Å²) in [4.78, 5) is 4.13. The number of aryl methyl sites for hydroxylation is 1. The second-order valence-corrected chi connectivity index (χ2v) is 5.95. The monoisotopic (exact) mass is 236 g/mol. The average Bonchev–Trinajstić information content (AvgIpc) is 2.76. The molecule has 4 nitrogen and oxygen atoms in total. The van der Waals surface area contributed by atoms with Crippen LogP contribution in [-0.2, 0) is 6.42 Å². The molecule has 1 aromatic heterocycles. The molecule has 2 N–H and O–H groups in total. The van der Waals surface area contributed by atoms with E-state index in [1.165, 1.54) is 25.7 Å². The van der Waals surface area contributed by atoms with E-state index in [4.69, 9.17) is 0 Å². The zero-order chi connectivity index (χ0) is 12.1. The predicted octanol–water partition coefficient (Wildman–Crippen LogP) is 2.30. The lowest BCUT2D eigenvalue weighted by molar-refractivity contribution is 0.198. The van der Waals surface area contributed by atoms with Crippen molar-refractivity contribution in [3.8, 4) is 0 Å². The largest absolute Gasteiger partial charge is 0.314 e. The van der Waals surface area contributed by atoms with Gasteiger partial charge in [0.2, 0.25) is 0 Å². The summed E-state index contributed by atoms with van der Waals surface area (Å²) < 4.78 is 0. The van der Waals surface area contributed by atoms with E-state index >= 15 is 0 Å². The number of aromatic amines is 1. The normalized spacial score (nSPS) is 23.8. The summed E-state index contributed by atoms with van der Waals surface area (Å²) in [5.41, 5.74) is 0.529. The number of hydrogen-bond donors (Lipinski definition) is 2. The molecule has 1 fully saturated rings. The third-order valence-electron chi connectivity index (χ3n) is 3.69. The fourth-order valence-corrected chi connectivity index (χ4v) is 2.79. The molecule has 0 saturated heterocycles. The quantitative estimate of drug-likeness (QED) is 0.771. The molecule has 0 aliphatic heterocycles. The standard InChI is InChI=1S/C13H24N4/c1-13(2)7-3-5-11(9-13)14-8-4-6-12-15-10-16-17-12/h10-11,14H,3-9H2,1-2H3,(H,15,16,17). The highest BCUT2D eigenvalue weighted by atomic mass is 15.2. The van der Waals surface area contributed by atoms with Gasteiger partial charge in [-0.2, -0.15) is 5.10 Å². The second-order valence-electron chi connectivity index (χ2n) is 5.95. The number of H-pyrrole nitrogens is 1. The second kappa shape index (κ2) is 5.63. The lowest BCUT2D eigenvalue weighted by atomic mass is 9.75. The van der Waals surface area contributed by atoms with E-state index < -0.39 is 0 Å². The van der Waals surface area contributed by atoms with Gasteiger partial charge in [0.15, 0.2) is 0 Å². The third-order valence-corrected chi connectivity index (χ3v) is 3.69. The predicted molar refractivity (Wildman–Crippen MR) is 68.7 cm³/mol. The van der Waals surface area contributed by atoms with Crippen molar-refractivity contribution in [3.05, 3.63) is 12.2 Å². The Morgan fingerprint density at radius 2 is 2.41 bits per heavy atom. The van der Waals surface area contributed by atoms with Crippen molar-refractivity contribution in [2.45, 2.75) is 58.4 Å². The minimum atomic E-state index is 0.529. The van der Waals surface area contributed by atoms with Crippen LogP contribution in [0.1, 0.15) is 51.8 Å². The molecule has 2 rings (SSSR count). The van der Waals surface area contributed by atoms with Gasteiger partial charge in [-0.3, -0.25) is 5.10 Å². The molecule has 4 heteroatoms. The highest BCUT2D eigenvalue weighted by Crippen LogP contribution is 2.34. The molecule has 0 aromatic carbocycles. The van der Waals surface area contributed by atoms with E-state index in [0.29, 0.717) is 11.5 Å². The number of nitrogens with one attached hydrogen (secondary N) is 2. The van der Waals surface area contributed by atoms with Gasteiger partial charge in [-0.05, 0) is 37.6 Å². The molecule has 96 valence electrons. The summed E-state index contributed by atoms with van der Waals surface area (Å²) in [7, 11) is 0. The minimum Gasteiger partial charge on any atom is -0.314 e. The topological polar surface area (TPSA) is 53.6 Å². The Balaban J connectivity index is 1.62. The van der Waals surface area contributed by atoms with E-state index in [0.717, 1.165) is 25.2 Å². The van der Waals surface area contributed by atoms with Gasteiger partial charge < -0.3 is 5.32 Å². The lowest BCUT2D eigenvalue weighted by Crippen LogP contribution is -2.37. The number of hydrogen-bond acceptors (Lipinski definition) is 3. The van der Waals surface area contributed by atoms with Crippen LogP contribution >= 0.6 is 0 Å². The van der Waals surface area contributed by atoms with E-state index in [9.17, 15) is 0 Å². The average molecular weight is 236 g/mol. The van der Waals surface area contributed by atoms with Gasteiger partial charge in [-0.15, -0.1) is 0 Å². The fraction of sp³-hybridized carbons (Fsp3) is 0.846. The number of aromatic nitrogens is 3. The maximum Gasteiger partial charge on any atom is 0.137 e. The van der Waals surface area contributed by atoms with Crippen molar-refractivity contribution in [3.63, 3.8) is 0 Å². The first-order valence-electron chi connectivity index (χ1n) is 6.73. The van der Waals surface area contributed by atoms with Crippen molar-refractivity contribution in [1.29, 1.82) is 0 Å². The van der Waals surface area contributed by atoms with E-state index in [1.807, 2.05) is 0 Å². The summed E-state index contributed by atoms with van der Waals surface area (Å²) in [6, 6.07) is 0.716. The Morgan fingerprint density at radius 3 is 3.12 bits per heavy atom. The Kier molecular flexibility index (Phi) is 4.15. The van der Waals surface area contributed by atoms with Crippen molar-refractivity contribution in [2.75, 3.05) is 6.54 Å². The highest BCUT2D eigenvalue weighted by Gasteiger charge is 2.27. The third kappa shape index (κ3) is 4.11. The summed E-state index contributed by atoms with van der Waals surface area (Å²) in [5, 5.41) is 10.4. The first-order valence-corrected chi connectivity index (χ1v) is 6.73. The summed E-state index contributed by atoms with van der Waals surface area (Å²) in [6.45, 7) is 5.85. The van der Waals surface area contributed by atoms with E-state index in [-0.39, 0.29) is 0 Å². The van der Waals surface area contributed by atoms with Gasteiger partial charge in [0.05, 0.1) is 0 Å². The molecule has 1 aromatic rings. The van der Waals surface area contributed by atoms with Crippen molar-refractivity contribution in [1.82, 2.24) is 20.5 Å². The molecule has 1 aliphatic rings. The van der Waals surface area contributed by atoms with Crippen molar-refractivity contribution >= 4 is 0 Å². The Morgan fingerprint density at radius 1 is 1.53 bits per heavy atom. The summed E-state index contributed by atoms with van der Waals surface area (Å²) >= 11 is 0. The van der Waals surface area contributed by atoms with E-state index in [1.54, 1.807) is 6.33 Å². The molecule has 0 spiro atoms. The van der Waals surface area contributed by atoms with Crippen molar-refractivity contribution in [2.24, 2.45) is 5.41 Å². The number of rotatable bonds is 5. The maximum atomic E-state index is 4.13. The minimum absolute atomic E-state index is 0.529. The van der Waals surface area contributed by atoms with Gasteiger partial charge in [0.25, 0.3) is 0 Å². The molecule has 1 unspecified atom stereocenters. The van der Waals surface area contributed by atoms with Crippen LogP contribution in [0.4, 0.5) is 0 Å². The smallest absolute Gasteiger partial charge is 0.137 e. The Hall–Kier alpha value is -0.900. The SMILES string of the molecule is CC1(C)CCCC(NCCCc2ncn[nH]2)C1. The highest BCUT2D eigenvalue weighted by molar-refractivity contribution is 4.84. The van der Waals surface area contributed by atoms with Crippen LogP contribution in [-0.4, -0.2) is 27.8 Å². The molecule has 1 aliphatic carbocycles. The van der Waals surface area contributed by atoms with Gasteiger partial charge in [-0.1, -0.05) is 20.3 Å². The molecular formula is C13H24N4. The zero-order valence-electron chi connectivity index (χ0n) is 11.0. The van der Waals surface area contributed by atoms with Crippen LogP contribution in [0.15, 0.2) is 6.33 Å². The molecule has 0 bridgehead atoms. The van der Waals surface area contributed by atoms with Crippen LogP contribution < -0.4 is 5.32 Å². The maximum absolute atomic E-state index is 4.13. The molecule has 0 radical (unpaired) electrons. The van der Waals surface area contributed by atoms with Crippen LogP contribution in [0.3, 0.4) is 0 Å². The number of nitrogens with zero attached hydrogens (tertiary/aromatic N) is 2. The van der Waals surface area contributed by atoms with Gasteiger partial charge in [-0.25, -0.2) is 4.98 Å². The van der Waals surface area contributed by atoms with Gasteiger partial charge >= 0.3 is 0 Å². The molecule has 17 heavy (non-hydrogen) atoms. The van der Waals surface area contributed by atoms with Crippen LogP contribution in [0.5, 0.6) is 0 Å². The summed E-state index contributed by atoms with van der Waals surface area (Å²) in [6.07, 6.45) is 9.10. The van der Waals surface area contributed by atoms with Crippen LogP contribution in [0.2, 0.25) is 0 Å². The van der Waals surface area contributed by atoms with Crippen LogP contribution in [0, 0.1) is 5.41 Å². The molecule has 1 atom stereocenters. The first-order chi connectivity index (χ1) is 8.16. The van der Waals surface area contributed by atoms with Gasteiger partial charge in [0, 0.05) is 12.5 Å². The Labute approximate surface area is 104 Å². The molecule has 1 heterocycles. The van der Waals surface area contributed by atoms with Gasteiger partial charge in [0.1, 0.15) is 12.2 Å². The summed E-state index contributed by atoms with van der Waals surface area (Å²) in [5.74, 6) is 0.996. The van der Waals surface area contributed by atoms with Crippen molar-refractivity contribution < 1.29 is 0 Å². The Bertz CT molecular complexity index is 318. The lowest BCUT2D eigenvalue weighted by Gasteiger charge is -2.35. The molecular weight excluding hydrogens is 212 g/mol.